The van der Waals surface area contributed by atoms with Crippen molar-refractivity contribution in [1.29, 1.82) is 0 Å². The van der Waals surface area contributed by atoms with Crippen LogP contribution in [0, 0.1) is 5.92 Å². The van der Waals surface area contributed by atoms with Crippen LogP contribution in [0.15, 0.2) is 24.3 Å². The van der Waals surface area contributed by atoms with Crippen molar-refractivity contribution in [3.63, 3.8) is 0 Å². The highest BCUT2D eigenvalue weighted by Gasteiger charge is 2.22. The SMILES string of the molecule is COc1ccc(OC)c(/C=C/C(=O)NCC(CC(C)C)N2CCOCC2)c1. The van der Waals surface area contributed by atoms with Gasteiger partial charge in [0.15, 0.2) is 0 Å². The number of amides is 1. The van der Waals surface area contributed by atoms with Gasteiger partial charge in [-0.15, -0.1) is 0 Å². The number of carbonyl (C=O) groups excluding carboxylic acids is 1. The van der Waals surface area contributed by atoms with Crippen molar-refractivity contribution in [3.8, 4) is 11.5 Å². The molecule has 6 nitrogen and oxygen atoms in total. The second-order valence-corrected chi connectivity index (χ2v) is 7.12. The summed E-state index contributed by atoms with van der Waals surface area (Å²) in [5.74, 6) is 1.89. The topological polar surface area (TPSA) is 60.0 Å². The summed E-state index contributed by atoms with van der Waals surface area (Å²) < 4.78 is 16.0. The fraction of sp³-hybridized carbons (Fsp3) is 0.571. The average molecular weight is 376 g/mol. The highest BCUT2D eigenvalue weighted by molar-refractivity contribution is 5.92. The largest absolute Gasteiger partial charge is 0.497 e. The first-order valence-electron chi connectivity index (χ1n) is 9.53. The molecule has 1 aliphatic heterocycles. The third-order valence-electron chi connectivity index (χ3n) is 4.67. The predicted molar refractivity (Wildman–Crippen MR) is 107 cm³/mol. The zero-order valence-corrected chi connectivity index (χ0v) is 16.9. The molecule has 1 N–H and O–H groups in total. The summed E-state index contributed by atoms with van der Waals surface area (Å²) in [6, 6.07) is 5.83. The highest BCUT2D eigenvalue weighted by atomic mass is 16.5. The van der Waals surface area contributed by atoms with Gasteiger partial charge in [-0.3, -0.25) is 9.69 Å². The van der Waals surface area contributed by atoms with Crippen molar-refractivity contribution in [2.45, 2.75) is 26.3 Å². The molecule has 0 spiro atoms. The standard InChI is InChI=1S/C21H32N2O4/c1-16(2)13-18(23-9-11-27-12-10-23)15-22-21(24)8-5-17-14-19(25-3)6-7-20(17)26-4/h5-8,14,16,18H,9-13,15H2,1-4H3,(H,22,24)/b8-5+. The van der Waals surface area contributed by atoms with Crippen LogP contribution in [0.3, 0.4) is 0 Å². The van der Waals surface area contributed by atoms with E-state index in [1.54, 1.807) is 26.4 Å². The van der Waals surface area contributed by atoms with Gasteiger partial charge in [0.25, 0.3) is 0 Å². The predicted octanol–water partition coefficient (Wildman–Crippen LogP) is 2.58. The molecule has 0 aromatic heterocycles. The quantitative estimate of drug-likeness (QED) is 0.671. The number of nitrogens with zero attached hydrogens (tertiary/aromatic N) is 1. The van der Waals surface area contributed by atoms with Crippen molar-refractivity contribution in [2.75, 3.05) is 47.1 Å². The van der Waals surface area contributed by atoms with Crippen LogP contribution in [0.4, 0.5) is 0 Å². The molecule has 1 saturated heterocycles. The number of benzene rings is 1. The van der Waals surface area contributed by atoms with Gasteiger partial charge in [0.1, 0.15) is 11.5 Å². The molecule has 0 aliphatic carbocycles. The smallest absolute Gasteiger partial charge is 0.244 e. The van der Waals surface area contributed by atoms with E-state index in [1.165, 1.54) is 0 Å². The molecule has 1 aromatic carbocycles. The number of hydrogen-bond donors (Lipinski definition) is 1. The molecule has 1 unspecified atom stereocenters. The van der Waals surface area contributed by atoms with Crippen LogP contribution < -0.4 is 14.8 Å². The summed E-state index contributed by atoms with van der Waals surface area (Å²) in [5, 5.41) is 3.04. The van der Waals surface area contributed by atoms with Crippen LogP contribution in [0.25, 0.3) is 6.08 Å². The Hall–Kier alpha value is -2.05. The molecule has 0 radical (unpaired) electrons. The summed E-state index contributed by atoms with van der Waals surface area (Å²) in [7, 11) is 3.22. The van der Waals surface area contributed by atoms with Gasteiger partial charge in [-0.25, -0.2) is 0 Å². The highest BCUT2D eigenvalue weighted by Crippen LogP contribution is 2.25. The Balaban J connectivity index is 1.95. The lowest BCUT2D eigenvalue weighted by atomic mass is 10.0. The van der Waals surface area contributed by atoms with Gasteiger partial charge in [-0.05, 0) is 36.6 Å². The summed E-state index contributed by atoms with van der Waals surface area (Å²) >= 11 is 0. The number of carbonyl (C=O) groups is 1. The molecule has 1 fully saturated rings. The number of morpholine rings is 1. The van der Waals surface area contributed by atoms with Crippen molar-refractivity contribution in [1.82, 2.24) is 10.2 Å². The molecule has 6 heteroatoms. The van der Waals surface area contributed by atoms with Gasteiger partial charge < -0.3 is 19.5 Å². The summed E-state index contributed by atoms with van der Waals surface area (Å²) in [4.78, 5) is 14.7. The van der Waals surface area contributed by atoms with E-state index in [1.807, 2.05) is 18.2 Å². The van der Waals surface area contributed by atoms with Crippen molar-refractivity contribution in [2.24, 2.45) is 5.92 Å². The number of methoxy groups -OCH3 is 2. The zero-order chi connectivity index (χ0) is 19.6. The van der Waals surface area contributed by atoms with E-state index in [4.69, 9.17) is 14.2 Å². The fourth-order valence-electron chi connectivity index (χ4n) is 3.26. The average Bonchev–Trinajstić information content (AvgIpc) is 2.69. The first-order chi connectivity index (χ1) is 13.0. The Morgan fingerprint density at radius 3 is 2.63 bits per heavy atom. The van der Waals surface area contributed by atoms with Crippen LogP contribution >= 0.6 is 0 Å². The van der Waals surface area contributed by atoms with Gasteiger partial charge >= 0.3 is 0 Å². The Morgan fingerprint density at radius 1 is 1.26 bits per heavy atom. The number of rotatable bonds is 9. The minimum absolute atomic E-state index is 0.109. The van der Waals surface area contributed by atoms with Gasteiger partial charge in [-0.2, -0.15) is 0 Å². The maximum atomic E-state index is 12.3. The summed E-state index contributed by atoms with van der Waals surface area (Å²) in [6.45, 7) is 8.43. The summed E-state index contributed by atoms with van der Waals surface area (Å²) in [5.41, 5.74) is 0.805. The summed E-state index contributed by atoms with van der Waals surface area (Å²) in [6.07, 6.45) is 4.35. The lowest BCUT2D eigenvalue weighted by Crippen LogP contribution is -2.49. The molecule has 1 aromatic rings. The van der Waals surface area contributed by atoms with Crippen LogP contribution in [-0.4, -0.2) is 63.9 Å². The minimum atomic E-state index is -0.109. The maximum absolute atomic E-state index is 12.3. The molecule has 150 valence electrons. The number of ether oxygens (including phenoxy) is 3. The van der Waals surface area contributed by atoms with E-state index in [9.17, 15) is 4.79 Å². The van der Waals surface area contributed by atoms with Gasteiger partial charge in [0.05, 0.1) is 27.4 Å². The van der Waals surface area contributed by atoms with E-state index in [-0.39, 0.29) is 5.91 Å². The van der Waals surface area contributed by atoms with E-state index < -0.39 is 0 Å². The Bertz CT molecular complexity index is 625. The van der Waals surface area contributed by atoms with Gasteiger partial charge in [-0.1, -0.05) is 13.8 Å². The Kier molecular flexibility index (Phi) is 8.61. The molecular formula is C21H32N2O4. The Labute approximate surface area is 162 Å². The van der Waals surface area contributed by atoms with E-state index in [0.717, 1.165) is 44.0 Å². The maximum Gasteiger partial charge on any atom is 0.244 e. The van der Waals surface area contributed by atoms with Crippen LogP contribution in [0.1, 0.15) is 25.8 Å². The van der Waals surface area contributed by atoms with Crippen LogP contribution in [0.5, 0.6) is 11.5 Å². The second kappa shape index (κ2) is 10.9. The third-order valence-corrected chi connectivity index (χ3v) is 4.67. The molecule has 1 atom stereocenters. The molecule has 1 heterocycles. The van der Waals surface area contributed by atoms with Crippen LogP contribution in [0.2, 0.25) is 0 Å². The molecule has 0 bridgehead atoms. The zero-order valence-electron chi connectivity index (χ0n) is 16.9. The molecular weight excluding hydrogens is 344 g/mol. The lowest BCUT2D eigenvalue weighted by Gasteiger charge is -2.35. The third kappa shape index (κ3) is 6.88. The normalized spacial score (nSPS) is 16.5. The molecule has 1 aliphatic rings. The molecule has 27 heavy (non-hydrogen) atoms. The Morgan fingerprint density at radius 2 is 2.00 bits per heavy atom. The van der Waals surface area contributed by atoms with Crippen molar-refractivity contribution < 1.29 is 19.0 Å². The first-order valence-corrected chi connectivity index (χ1v) is 9.53. The molecule has 1 amide bonds. The first kappa shape index (κ1) is 21.3. The lowest BCUT2D eigenvalue weighted by molar-refractivity contribution is -0.116. The minimum Gasteiger partial charge on any atom is -0.497 e. The molecule has 2 rings (SSSR count). The van der Waals surface area contributed by atoms with E-state index in [0.29, 0.717) is 24.3 Å². The van der Waals surface area contributed by atoms with Crippen LogP contribution in [-0.2, 0) is 9.53 Å². The van der Waals surface area contributed by atoms with E-state index in [2.05, 4.69) is 24.1 Å². The fourth-order valence-corrected chi connectivity index (χ4v) is 3.26. The van der Waals surface area contributed by atoms with Gasteiger partial charge in [0.2, 0.25) is 5.91 Å². The second-order valence-electron chi connectivity index (χ2n) is 7.12. The van der Waals surface area contributed by atoms with Crippen molar-refractivity contribution in [3.05, 3.63) is 29.8 Å². The molecule has 0 saturated carbocycles. The number of hydrogen-bond acceptors (Lipinski definition) is 5. The van der Waals surface area contributed by atoms with Gasteiger partial charge in [0, 0.05) is 37.3 Å². The van der Waals surface area contributed by atoms with Crippen molar-refractivity contribution >= 4 is 12.0 Å². The van der Waals surface area contributed by atoms with E-state index >= 15 is 0 Å². The number of nitrogens with one attached hydrogen (secondary N) is 1. The monoisotopic (exact) mass is 376 g/mol.